The lowest BCUT2D eigenvalue weighted by molar-refractivity contribution is -0.122. The maximum Gasteiger partial charge on any atom is 0.155 e. The van der Waals surface area contributed by atoms with Crippen molar-refractivity contribution in [1.29, 1.82) is 0 Å². The molecule has 0 saturated heterocycles. The van der Waals surface area contributed by atoms with Gasteiger partial charge in [-0.2, -0.15) is 0 Å². The van der Waals surface area contributed by atoms with Gasteiger partial charge in [0.15, 0.2) is 5.78 Å². The van der Waals surface area contributed by atoms with Crippen molar-refractivity contribution in [2.45, 2.75) is 26.4 Å². The molecular weight excluding hydrogens is 235 g/mol. The molecule has 0 aromatic heterocycles. The van der Waals surface area contributed by atoms with E-state index < -0.39 is 6.17 Å². The molecule has 0 fully saturated rings. The minimum absolute atomic E-state index is 0.0285. The van der Waals surface area contributed by atoms with E-state index in [1.54, 1.807) is 0 Å². The van der Waals surface area contributed by atoms with E-state index in [-0.39, 0.29) is 25.4 Å². The number of carbonyl (C=O) groups is 1. The van der Waals surface area contributed by atoms with E-state index in [0.29, 0.717) is 6.61 Å². The molecule has 0 amide bonds. The number of alkyl halides is 1. The standard InChI is InChI=1S/C14H19FO3/c1-11-3-5-14(6-4-11)18-8-7-13(15)10-17-9-12(2)16/h3-6,13H,7-10H2,1-2H3. The number of aryl methyl sites for hydroxylation is 1. The molecule has 0 N–H and O–H groups in total. The van der Waals surface area contributed by atoms with Gasteiger partial charge < -0.3 is 9.47 Å². The van der Waals surface area contributed by atoms with Gasteiger partial charge >= 0.3 is 0 Å². The molecule has 3 nitrogen and oxygen atoms in total. The van der Waals surface area contributed by atoms with Crippen LogP contribution in [0.25, 0.3) is 0 Å². The van der Waals surface area contributed by atoms with Crippen LogP contribution < -0.4 is 4.74 Å². The average Bonchev–Trinajstić information content (AvgIpc) is 2.31. The third kappa shape index (κ3) is 6.35. The fourth-order valence-electron chi connectivity index (χ4n) is 1.35. The van der Waals surface area contributed by atoms with Crippen molar-refractivity contribution in [1.82, 2.24) is 0 Å². The summed E-state index contributed by atoms with van der Waals surface area (Å²) in [4.78, 5) is 10.6. The quantitative estimate of drug-likeness (QED) is 0.715. The highest BCUT2D eigenvalue weighted by Crippen LogP contribution is 2.12. The van der Waals surface area contributed by atoms with Gasteiger partial charge in [0.05, 0.1) is 13.2 Å². The summed E-state index contributed by atoms with van der Waals surface area (Å²) < 4.78 is 23.6. The first-order chi connectivity index (χ1) is 8.58. The molecular formula is C14H19FO3. The lowest BCUT2D eigenvalue weighted by Gasteiger charge is -2.10. The number of ketones is 1. The Labute approximate surface area is 107 Å². The van der Waals surface area contributed by atoms with Gasteiger partial charge in [-0.05, 0) is 26.0 Å². The summed E-state index contributed by atoms with van der Waals surface area (Å²) >= 11 is 0. The second-order valence-corrected chi connectivity index (χ2v) is 4.26. The molecule has 0 aliphatic heterocycles. The molecule has 0 aliphatic carbocycles. The molecule has 1 unspecified atom stereocenters. The molecule has 0 heterocycles. The lowest BCUT2D eigenvalue weighted by atomic mass is 10.2. The number of benzene rings is 1. The van der Waals surface area contributed by atoms with Crippen molar-refractivity contribution in [2.24, 2.45) is 0 Å². The largest absolute Gasteiger partial charge is 0.493 e. The number of ether oxygens (including phenoxy) is 2. The summed E-state index contributed by atoms with van der Waals surface area (Å²) in [7, 11) is 0. The molecule has 100 valence electrons. The van der Waals surface area contributed by atoms with Crippen molar-refractivity contribution in [3.8, 4) is 5.75 Å². The van der Waals surface area contributed by atoms with E-state index in [1.165, 1.54) is 6.92 Å². The molecule has 0 radical (unpaired) electrons. The molecule has 1 atom stereocenters. The molecule has 1 aromatic rings. The van der Waals surface area contributed by atoms with Crippen LogP contribution in [0.2, 0.25) is 0 Å². The number of rotatable bonds is 8. The fourth-order valence-corrected chi connectivity index (χ4v) is 1.35. The minimum atomic E-state index is -1.10. The smallest absolute Gasteiger partial charge is 0.155 e. The highest BCUT2D eigenvalue weighted by atomic mass is 19.1. The second-order valence-electron chi connectivity index (χ2n) is 4.26. The molecule has 0 bridgehead atoms. The molecule has 18 heavy (non-hydrogen) atoms. The van der Waals surface area contributed by atoms with Gasteiger partial charge in [0, 0.05) is 6.42 Å². The van der Waals surface area contributed by atoms with E-state index in [2.05, 4.69) is 0 Å². The summed E-state index contributed by atoms with van der Waals surface area (Å²) in [6, 6.07) is 7.60. The lowest BCUT2D eigenvalue weighted by Crippen LogP contribution is -2.16. The van der Waals surface area contributed by atoms with Gasteiger partial charge in [-0.25, -0.2) is 4.39 Å². The average molecular weight is 254 g/mol. The van der Waals surface area contributed by atoms with Crippen molar-refractivity contribution < 1.29 is 18.7 Å². The van der Waals surface area contributed by atoms with Crippen LogP contribution in [0.15, 0.2) is 24.3 Å². The Balaban J connectivity index is 2.13. The maximum atomic E-state index is 13.3. The van der Waals surface area contributed by atoms with E-state index in [4.69, 9.17) is 9.47 Å². The summed E-state index contributed by atoms with van der Waals surface area (Å²) in [5.74, 6) is 0.635. The molecule has 0 aliphatic rings. The van der Waals surface area contributed by atoms with Gasteiger partial charge in [-0.3, -0.25) is 4.79 Å². The summed E-state index contributed by atoms with van der Waals surface area (Å²) in [6.07, 6.45) is -0.846. The zero-order valence-electron chi connectivity index (χ0n) is 10.8. The predicted octanol–water partition coefficient (Wildman–Crippen LogP) is 2.71. The normalized spacial score (nSPS) is 12.2. The number of halogens is 1. The Hall–Kier alpha value is -1.42. The van der Waals surface area contributed by atoms with Crippen LogP contribution in [0.5, 0.6) is 5.75 Å². The first-order valence-corrected chi connectivity index (χ1v) is 5.98. The van der Waals surface area contributed by atoms with Gasteiger partial charge in [0.2, 0.25) is 0 Å². The number of hydrogen-bond acceptors (Lipinski definition) is 3. The number of Topliss-reactive ketones (excluding diaryl/α,β-unsaturated/α-hetero) is 1. The van der Waals surface area contributed by atoms with Crippen LogP contribution in [0.4, 0.5) is 4.39 Å². The zero-order valence-corrected chi connectivity index (χ0v) is 10.8. The molecule has 4 heteroatoms. The number of carbonyl (C=O) groups excluding carboxylic acids is 1. The Kier molecular flexibility index (Phi) is 6.36. The summed E-state index contributed by atoms with van der Waals surface area (Å²) in [6.45, 7) is 3.62. The molecule has 1 rings (SSSR count). The van der Waals surface area contributed by atoms with E-state index in [9.17, 15) is 9.18 Å². The molecule has 0 spiro atoms. The van der Waals surface area contributed by atoms with Gasteiger partial charge in [0.25, 0.3) is 0 Å². The highest BCUT2D eigenvalue weighted by Gasteiger charge is 2.07. The van der Waals surface area contributed by atoms with Crippen LogP contribution >= 0.6 is 0 Å². The minimum Gasteiger partial charge on any atom is -0.493 e. The number of hydrogen-bond donors (Lipinski definition) is 0. The van der Waals surface area contributed by atoms with E-state index >= 15 is 0 Å². The summed E-state index contributed by atoms with van der Waals surface area (Å²) in [5, 5.41) is 0. The third-order valence-electron chi connectivity index (χ3n) is 2.32. The Morgan fingerprint density at radius 3 is 2.61 bits per heavy atom. The SMILES string of the molecule is CC(=O)COCC(F)CCOc1ccc(C)cc1. The monoisotopic (exact) mass is 254 g/mol. The van der Waals surface area contributed by atoms with Crippen molar-refractivity contribution >= 4 is 5.78 Å². The first kappa shape index (κ1) is 14.6. The van der Waals surface area contributed by atoms with Crippen molar-refractivity contribution in [3.05, 3.63) is 29.8 Å². The Morgan fingerprint density at radius 1 is 1.33 bits per heavy atom. The van der Waals surface area contributed by atoms with Gasteiger partial charge in [0.1, 0.15) is 18.5 Å². The molecule has 0 saturated carbocycles. The topological polar surface area (TPSA) is 35.5 Å². The van der Waals surface area contributed by atoms with Gasteiger partial charge in [-0.1, -0.05) is 17.7 Å². The van der Waals surface area contributed by atoms with E-state index in [0.717, 1.165) is 11.3 Å². The van der Waals surface area contributed by atoms with Gasteiger partial charge in [-0.15, -0.1) is 0 Å². The third-order valence-corrected chi connectivity index (χ3v) is 2.32. The molecule has 1 aromatic carbocycles. The Bertz CT molecular complexity index is 362. The van der Waals surface area contributed by atoms with Crippen LogP contribution in [-0.4, -0.2) is 31.8 Å². The second kappa shape index (κ2) is 7.82. The maximum absolute atomic E-state index is 13.3. The van der Waals surface area contributed by atoms with Crippen LogP contribution in [0.3, 0.4) is 0 Å². The van der Waals surface area contributed by atoms with Crippen LogP contribution in [-0.2, 0) is 9.53 Å². The zero-order chi connectivity index (χ0) is 13.4. The van der Waals surface area contributed by atoms with Crippen molar-refractivity contribution in [2.75, 3.05) is 19.8 Å². The van der Waals surface area contributed by atoms with Crippen LogP contribution in [0.1, 0.15) is 18.9 Å². The van der Waals surface area contributed by atoms with E-state index in [1.807, 2.05) is 31.2 Å². The fraction of sp³-hybridized carbons (Fsp3) is 0.500. The predicted molar refractivity (Wildman–Crippen MR) is 67.7 cm³/mol. The Morgan fingerprint density at radius 2 is 2.00 bits per heavy atom. The van der Waals surface area contributed by atoms with Crippen molar-refractivity contribution in [3.63, 3.8) is 0 Å². The van der Waals surface area contributed by atoms with Crippen LogP contribution in [0, 0.1) is 6.92 Å². The highest BCUT2D eigenvalue weighted by molar-refractivity contribution is 5.76. The summed E-state index contributed by atoms with van der Waals surface area (Å²) in [5.41, 5.74) is 1.16. The first-order valence-electron chi connectivity index (χ1n) is 5.98.